The number of benzene rings is 2. The second kappa shape index (κ2) is 10.5. The maximum atomic E-state index is 12.9. The van der Waals surface area contributed by atoms with Crippen molar-refractivity contribution in [2.45, 2.75) is 42.5 Å². The molecule has 0 bridgehead atoms. The number of amides is 1. The van der Waals surface area contributed by atoms with Crippen molar-refractivity contribution in [3.8, 4) is 0 Å². The SMILES string of the molecule is CCOC(=O)C1CCN(C(C)C(=O)Nc2ccccc2Sc2ccccc2)CC1. The van der Waals surface area contributed by atoms with Gasteiger partial charge >= 0.3 is 5.97 Å². The standard InChI is InChI=1S/C23H28N2O3S/c1-3-28-23(27)18-13-15-25(16-14-18)17(2)22(26)24-20-11-7-8-12-21(20)29-19-9-5-4-6-10-19/h4-12,17-18H,3,13-16H2,1-2H3,(H,24,26). The van der Waals surface area contributed by atoms with E-state index in [9.17, 15) is 9.59 Å². The molecule has 1 fully saturated rings. The lowest BCUT2D eigenvalue weighted by molar-refractivity contribution is -0.149. The van der Waals surface area contributed by atoms with Gasteiger partial charge in [-0.25, -0.2) is 0 Å². The molecule has 0 aliphatic carbocycles. The number of piperidine rings is 1. The first-order valence-electron chi connectivity index (χ1n) is 10.1. The van der Waals surface area contributed by atoms with Gasteiger partial charge in [0, 0.05) is 9.79 Å². The minimum absolute atomic E-state index is 0.0271. The molecule has 0 spiro atoms. The number of esters is 1. The van der Waals surface area contributed by atoms with Crippen molar-refractivity contribution in [1.29, 1.82) is 0 Å². The van der Waals surface area contributed by atoms with Gasteiger partial charge in [0.1, 0.15) is 0 Å². The first-order valence-corrected chi connectivity index (χ1v) is 10.9. The highest BCUT2D eigenvalue weighted by Crippen LogP contribution is 2.33. The van der Waals surface area contributed by atoms with Crippen molar-refractivity contribution in [3.63, 3.8) is 0 Å². The lowest BCUT2D eigenvalue weighted by Crippen LogP contribution is -2.47. The molecule has 1 saturated heterocycles. The molecular weight excluding hydrogens is 384 g/mol. The molecule has 1 atom stereocenters. The molecule has 1 heterocycles. The van der Waals surface area contributed by atoms with Crippen LogP contribution < -0.4 is 5.32 Å². The summed E-state index contributed by atoms with van der Waals surface area (Å²) in [7, 11) is 0. The fraction of sp³-hybridized carbons (Fsp3) is 0.391. The van der Waals surface area contributed by atoms with Gasteiger partial charge < -0.3 is 10.1 Å². The van der Waals surface area contributed by atoms with Crippen LogP contribution in [-0.2, 0) is 14.3 Å². The van der Waals surface area contributed by atoms with Crippen molar-refractivity contribution in [2.24, 2.45) is 5.92 Å². The summed E-state index contributed by atoms with van der Waals surface area (Å²) in [5.74, 6) is -0.193. The quantitative estimate of drug-likeness (QED) is 0.682. The first kappa shape index (κ1) is 21.4. The zero-order valence-corrected chi connectivity index (χ0v) is 17.8. The number of para-hydroxylation sites is 1. The van der Waals surface area contributed by atoms with Gasteiger partial charge in [0.15, 0.2) is 0 Å². The van der Waals surface area contributed by atoms with E-state index in [1.165, 1.54) is 0 Å². The Morgan fingerprint density at radius 2 is 1.76 bits per heavy atom. The third-order valence-electron chi connectivity index (χ3n) is 5.19. The van der Waals surface area contributed by atoms with Gasteiger partial charge in [0.05, 0.1) is 24.3 Å². The number of carbonyl (C=O) groups excluding carboxylic acids is 2. The van der Waals surface area contributed by atoms with Gasteiger partial charge in [-0.2, -0.15) is 0 Å². The Morgan fingerprint density at radius 1 is 1.10 bits per heavy atom. The Bertz CT molecular complexity index is 820. The summed E-state index contributed by atoms with van der Waals surface area (Å²) < 4.78 is 5.13. The molecule has 0 aromatic heterocycles. The lowest BCUT2D eigenvalue weighted by atomic mass is 9.96. The molecule has 0 radical (unpaired) electrons. The normalized spacial score (nSPS) is 16.2. The van der Waals surface area contributed by atoms with Crippen LogP contribution in [0.25, 0.3) is 0 Å². The summed E-state index contributed by atoms with van der Waals surface area (Å²) in [6, 6.07) is 17.7. The average Bonchev–Trinajstić information content (AvgIpc) is 2.75. The van der Waals surface area contributed by atoms with E-state index in [1.807, 2.05) is 56.3 Å². The molecule has 3 rings (SSSR count). The van der Waals surface area contributed by atoms with Crippen LogP contribution in [0.2, 0.25) is 0 Å². The minimum atomic E-state index is -0.257. The Hall–Kier alpha value is -2.31. The molecule has 2 aromatic carbocycles. The predicted octanol–water partition coefficient (Wildman–Crippen LogP) is 4.44. The molecule has 1 N–H and O–H groups in total. The van der Waals surface area contributed by atoms with E-state index in [0.717, 1.165) is 41.4 Å². The summed E-state index contributed by atoms with van der Waals surface area (Å²) in [5.41, 5.74) is 0.819. The summed E-state index contributed by atoms with van der Waals surface area (Å²) in [5, 5.41) is 3.09. The van der Waals surface area contributed by atoms with Crippen molar-refractivity contribution in [3.05, 3.63) is 54.6 Å². The molecule has 0 saturated carbocycles. The summed E-state index contributed by atoms with van der Waals surface area (Å²) in [4.78, 5) is 29.1. The number of hydrogen-bond acceptors (Lipinski definition) is 5. The average molecular weight is 413 g/mol. The van der Waals surface area contributed by atoms with Crippen LogP contribution in [-0.4, -0.2) is 42.5 Å². The number of anilines is 1. The minimum Gasteiger partial charge on any atom is -0.466 e. The Morgan fingerprint density at radius 3 is 2.45 bits per heavy atom. The van der Waals surface area contributed by atoms with E-state index in [0.29, 0.717) is 6.61 Å². The Balaban J connectivity index is 1.59. The molecule has 1 unspecified atom stereocenters. The maximum absolute atomic E-state index is 12.9. The number of nitrogens with zero attached hydrogens (tertiary/aromatic N) is 1. The number of nitrogens with one attached hydrogen (secondary N) is 1. The number of carbonyl (C=O) groups is 2. The monoisotopic (exact) mass is 412 g/mol. The summed E-state index contributed by atoms with van der Waals surface area (Å²) >= 11 is 1.63. The van der Waals surface area contributed by atoms with E-state index in [1.54, 1.807) is 11.8 Å². The van der Waals surface area contributed by atoms with Crippen molar-refractivity contribution in [1.82, 2.24) is 4.90 Å². The van der Waals surface area contributed by atoms with Crippen LogP contribution >= 0.6 is 11.8 Å². The zero-order valence-electron chi connectivity index (χ0n) is 17.0. The molecule has 1 aliphatic heterocycles. The molecule has 5 nitrogen and oxygen atoms in total. The van der Waals surface area contributed by atoms with Crippen molar-refractivity contribution >= 4 is 29.3 Å². The summed E-state index contributed by atoms with van der Waals surface area (Å²) in [6.45, 7) is 5.61. The highest BCUT2D eigenvalue weighted by atomic mass is 32.2. The largest absolute Gasteiger partial charge is 0.466 e. The third kappa shape index (κ3) is 5.84. The smallest absolute Gasteiger partial charge is 0.309 e. The zero-order chi connectivity index (χ0) is 20.6. The Kier molecular flexibility index (Phi) is 7.72. The molecule has 6 heteroatoms. The van der Waals surface area contributed by atoms with Crippen LogP contribution in [0.15, 0.2) is 64.4 Å². The van der Waals surface area contributed by atoms with Crippen LogP contribution in [0.1, 0.15) is 26.7 Å². The molecule has 154 valence electrons. The van der Waals surface area contributed by atoms with Crippen LogP contribution in [0, 0.1) is 5.92 Å². The molecule has 2 aromatic rings. The van der Waals surface area contributed by atoms with Gasteiger partial charge in [-0.05, 0) is 64.0 Å². The molecular formula is C23H28N2O3S. The van der Waals surface area contributed by atoms with E-state index in [-0.39, 0.29) is 23.8 Å². The lowest BCUT2D eigenvalue weighted by Gasteiger charge is -2.34. The van der Waals surface area contributed by atoms with Gasteiger partial charge in [0.25, 0.3) is 0 Å². The van der Waals surface area contributed by atoms with Crippen LogP contribution in [0.5, 0.6) is 0 Å². The van der Waals surface area contributed by atoms with Crippen molar-refractivity contribution in [2.75, 3.05) is 25.0 Å². The summed E-state index contributed by atoms with van der Waals surface area (Å²) in [6.07, 6.45) is 1.47. The van der Waals surface area contributed by atoms with E-state index < -0.39 is 0 Å². The maximum Gasteiger partial charge on any atom is 0.309 e. The second-order valence-electron chi connectivity index (χ2n) is 7.14. The van der Waals surface area contributed by atoms with E-state index >= 15 is 0 Å². The highest BCUT2D eigenvalue weighted by Gasteiger charge is 2.30. The van der Waals surface area contributed by atoms with Crippen molar-refractivity contribution < 1.29 is 14.3 Å². The molecule has 29 heavy (non-hydrogen) atoms. The van der Waals surface area contributed by atoms with Crippen LogP contribution in [0.3, 0.4) is 0 Å². The first-order chi connectivity index (χ1) is 14.1. The second-order valence-corrected chi connectivity index (χ2v) is 8.25. The van der Waals surface area contributed by atoms with E-state index in [4.69, 9.17) is 4.74 Å². The number of ether oxygens (including phenoxy) is 1. The number of rotatable bonds is 7. The predicted molar refractivity (Wildman–Crippen MR) is 116 cm³/mol. The number of likely N-dealkylation sites (tertiary alicyclic amines) is 1. The highest BCUT2D eigenvalue weighted by molar-refractivity contribution is 7.99. The molecule has 1 amide bonds. The topological polar surface area (TPSA) is 58.6 Å². The van der Waals surface area contributed by atoms with Gasteiger partial charge in [-0.1, -0.05) is 42.1 Å². The van der Waals surface area contributed by atoms with Crippen LogP contribution in [0.4, 0.5) is 5.69 Å². The van der Waals surface area contributed by atoms with Gasteiger partial charge in [-0.15, -0.1) is 0 Å². The third-order valence-corrected chi connectivity index (χ3v) is 6.28. The van der Waals surface area contributed by atoms with Gasteiger partial charge in [0.2, 0.25) is 5.91 Å². The van der Waals surface area contributed by atoms with E-state index in [2.05, 4.69) is 22.3 Å². The molecule has 1 aliphatic rings. The van der Waals surface area contributed by atoms with Gasteiger partial charge in [-0.3, -0.25) is 14.5 Å². The fourth-order valence-corrected chi connectivity index (χ4v) is 4.38. The Labute approximate surface area is 176 Å². The fourth-order valence-electron chi connectivity index (χ4n) is 3.46. The number of hydrogen-bond donors (Lipinski definition) is 1.